The van der Waals surface area contributed by atoms with Crippen molar-refractivity contribution in [2.75, 3.05) is 12.4 Å². The lowest BCUT2D eigenvalue weighted by molar-refractivity contribution is -0.115. The van der Waals surface area contributed by atoms with Gasteiger partial charge in [0.1, 0.15) is 11.0 Å². The number of rotatable bonds is 8. The average molecular weight is 413 g/mol. The van der Waals surface area contributed by atoms with Crippen molar-refractivity contribution in [3.63, 3.8) is 0 Å². The van der Waals surface area contributed by atoms with Gasteiger partial charge in [-0.15, -0.1) is 5.10 Å². The Labute approximate surface area is 173 Å². The monoisotopic (exact) mass is 412 g/mol. The fourth-order valence-electron chi connectivity index (χ4n) is 2.94. The van der Waals surface area contributed by atoms with Gasteiger partial charge < -0.3 is 10.1 Å². The molecule has 1 amide bonds. The minimum absolute atomic E-state index is 0.219. The molecule has 0 saturated heterocycles. The maximum absolute atomic E-state index is 13.3. The minimum atomic E-state index is -0.591. The number of thioether (sulfide) groups is 1. The molecule has 0 fully saturated rings. The molecule has 0 radical (unpaired) electrons. The summed E-state index contributed by atoms with van der Waals surface area (Å²) in [7, 11) is 1.57. The van der Waals surface area contributed by atoms with Gasteiger partial charge in [0.15, 0.2) is 5.16 Å². The van der Waals surface area contributed by atoms with Crippen molar-refractivity contribution < 1.29 is 9.53 Å². The van der Waals surface area contributed by atoms with Gasteiger partial charge in [0.2, 0.25) is 5.91 Å². The lowest BCUT2D eigenvalue weighted by Gasteiger charge is -2.18. The highest BCUT2D eigenvalue weighted by Crippen LogP contribution is 2.36. The highest BCUT2D eigenvalue weighted by atomic mass is 32.2. The lowest BCUT2D eigenvalue weighted by atomic mass is 10.1. The smallest absolute Gasteiger partial charge is 0.343 e. The summed E-state index contributed by atoms with van der Waals surface area (Å²) in [6, 6.07) is 15.0. The van der Waals surface area contributed by atoms with Crippen LogP contribution in [0.2, 0.25) is 0 Å². The highest BCUT2D eigenvalue weighted by molar-refractivity contribution is 8.00. The van der Waals surface area contributed by atoms with Gasteiger partial charge in [-0.1, -0.05) is 55.1 Å². The normalized spacial score (nSPS) is 11.8. The molecule has 0 saturated carbocycles. The summed E-state index contributed by atoms with van der Waals surface area (Å²) in [6.45, 7) is 4.47. The molecule has 1 atom stereocenters. The summed E-state index contributed by atoms with van der Waals surface area (Å²) < 4.78 is 6.93. The molecule has 3 aromatic rings. The van der Waals surface area contributed by atoms with Gasteiger partial charge in [-0.3, -0.25) is 9.36 Å². The molecule has 0 spiro atoms. The second-order valence-electron chi connectivity index (χ2n) is 6.56. The number of nitrogens with zero attached hydrogens (tertiary/aromatic N) is 2. The van der Waals surface area contributed by atoms with Crippen molar-refractivity contribution in [2.24, 2.45) is 0 Å². The Hall–Kier alpha value is -3.00. The Morgan fingerprint density at radius 1 is 1.28 bits per heavy atom. The third kappa shape index (κ3) is 4.89. The molecule has 152 valence electrons. The summed E-state index contributed by atoms with van der Waals surface area (Å²) in [5.74, 6) is 0.368. The zero-order chi connectivity index (χ0) is 20.8. The average Bonchev–Trinajstić information content (AvgIpc) is 3.06. The van der Waals surface area contributed by atoms with Crippen LogP contribution >= 0.6 is 11.8 Å². The molecule has 2 N–H and O–H groups in total. The van der Waals surface area contributed by atoms with Crippen LogP contribution in [-0.2, 0) is 11.3 Å². The predicted molar refractivity (Wildman–Crippen MR) is 115 cm³/mol. The zero-order valence-corrected chi connectivity index (χ0v) is 17.5. The first-order chi connectivity index (χ1) is 14.0. The molecule has 3 rings (SSSR count). The standard InChI is InChI=1S/C21H24N4O3S/c1-4-12-25-20(27)23-24-21(25)29-18(15-8-6-5-7-9-15)19(26)22-16-13-14(2)10-11-17(16)28-3/h5-11,13,18H,4,12H2,1-3H3,(H,22,26)(H,23,27)/t18-/m1/s1. The number of H-pyrrole nitrogens is 1. The zero-order valence-electron chi connectivity index (χ0n) is 16.6. The van der Waals surface area contributed by atoms with E-state index in [1.165, 1.54) is 11.8 Å². The van der Waals surface area contributed by atoms with Crippen LogP contribution in [0.5, 0.6) is 5.75 Å². The molecule has 0 unspecified atom stereocenters. The van der Waals surface area contributed by atoms with Gasteiger partial charge in [-0.05, 0) is 36.6 Å². The van der Waals surface area contributed by atoms with Crippen molar-refractivity contribution in [1.29, 1.82) is 0 Å². The Morgan fingerprint density at radius 2 is 2.03 bits per heavy atom. The van der Waals surface area contributed by atoms with Gasteiger partial charge in [0.25, 0.3) is 0 Å². The topological polar surface area (TPSA) is 89.0 Å². The summed E-state index contributed by atoms with van der Waals surface area (Å²) in [6.07, 6.45) is 0.787. The van der Waals surface area contributed by atoms with Gasteiger partial charge in [0.05, 0.1) is 12.8 Å². The number of aromatic nitrogens is 3. The number of benzene rings is 2. The van der Waals surface area contributed by atoms with Gasteiger partial charge >= 0.3 is 5.69 Å². The van der Waals surface area contributed by atoms with Crippen molar-refractivity contribution in [3.8, 4) is 5.75 Å². The van der Waals surface area contributed by atoms with Crippen molar-refractivity contribution in [2.45, 2.75) is 37.2 Å². The van der Waals surface area contributed by atoms with Crippen LogP contribution in [0.25, 0.3) is 0 Å². The largest absolute Gasteiger partial charge is 0.495 e. The van der Waals surface area contributed by atoms with E-state index in [9.17, 15) is 9.59 Å². The van der Waals surface area contributed by atoms with Crippen LogP contribution in [-0.4, -0.2) is 27.8 Å². The van der Waals surface area contributed by atoms with E-state index in [-0.39, 0.29) is 11.6 Å². The third-order valence-corrected chi connectivity index (χ3v) is 5.59. The van der Waals surface area contributed by atoms with Crippen molar-refractivity contribution in [3.05, 3.63) is 70.1 Å². The summed E-state index contributed by atoms with van der Waals surface area (Å²) in [4.78, 5) is 25.3. The van der Waals surface area contributed by atoms with Crippen LogP contribution in [0, 0.1) is 6.92 Å². The molecule has 1 aromatic heterocycles. The molecule has 8 heteroatoms. The summed E-state index contributed by atoms with van der Waals surface area (Å²) in [5.41, 5.74) is 2.16. The van der Waals surface area contributed by atoms with E-state index in [4.69, 9.17) is 4.74 Å². The fourth-order valence-corrected chi connectivity index (χ4v) is 4.01. The molecule has 29 heavy (non-hydrogen) atoms. The van der Waals surface area contributed by atoms with Crippen LogP contribution in [0.4, 0.5) is 5.69 Å². The Balaban J connectivity index is 1.94. The Morgan fingerprint density at radius 3 is 2.72 bits per heavy atom. The number of amides is 1. The molecule has 7 nitrogen and oxygen atoms in total. The number of carbonyl (C=O) groups excluding carboxylic acids is 1. The first kappa shape index (κ1) is 20.7. The number of hydrogen-bond donors (Lipinski definition) is 2. The summed E-state index contributed by atoms with van der Waals surface area (Å²) in [5, 5.41) is 9.46. The van der Waals surface area contributed by atoms with Crippen molar-refractivity contribution in [1.82, 2.24) is 14.8 Å². The molecule has 1 heterocycles. The van der Waals surface area contributed by atoms with E-state index in [1.807, 2.05) is 62.4 Å². The van der Waals surface area contributed by atoms with Crippen LogP contribution in [0.1, 0.15) is 29.7 Å². The van der Waals surface area contributed by atoms with Crippen LogP contribution in [0.15, 0.2) is 58.5 Å². The molecule has 0 aliphatic rings. The molecule has 0 bridgehead atoms. The number of methoxy groups -OCH3 is 1. The lowest BCUT2D eigenvalue weighted by Crippen LogP contribution is -2.21. The number of aromatic amines is 1. The first-order valence-corrected chi connectivity index (χ1v) is 10.2. The summed E-state index contributed by atoms with van der Waals surface area (Å²) >= 11 is 1.24. The Kier molecular flexibility index (Phi) is 6.77. The van der Waals surface area contributed by atoms with Crippen LogP contribution in [0.3, 0.4) is 0 Å². The number of nitrogens with one attached hydrogen (secondary N) is 2. The number of anilines is 1. The fraction of sp³-hybridized carbons (Fsp3) is 0.286. The Bertz CT molecular complexity index is 1030. The van der Waals surface area contributed by atoms with E-state index in [1.54, 1.807) is 11.7 Å². The number of hydrogen-bond acceptors (Lipinski definition) is 5. The van der Waals surface area contributed by atoms with E-state index < -0.39 is 5.25 Å². The minimum Gasteiger partial charge on any atom is -0.495 e. The molecule has 2 aromatic carbocycles. The predicted octanol–water partition coefficient (Wildman–Crippen LogP) is 3.77. The third-order valence-electron chi connectivity index (χ3n) is 4.35. The van der Waals surface area contributed by atoms with Crippen molar-refractivity contribution >= 4 is 23.4 Å². The van der Waals surface area contributed by atoms with Crippen LogP contribution < -0.4 is 15.7 Å². The number of ether oxygens (including phenoxy) is 1. The molecular formula is C21H24N4O3S. The maximum Gasteiger partial charge on any atom is 0.343 e. The molecule has 0 aliphatic carbocycles. The second-order valence-corrected chi connectivity index (χ2v) is 7.64. The highest BCUT2D eigenvalue weighted by Gasteiger charge is 2.26. The quantitative estimate of drug-likeness (QED) is 0.550. The van der Waals surface area contributed by atoms with Gasteiger partial charge in [-0.2, -0.15) is 0 Å². The van der Waals surface area contributed by atoms with E-state index in [0.29, 0.717) is 23.1 Å². The van der Waals surface area contributed by atoms with Gasteiger partial charge in [0, 0.05) is 6.54 Å². The first-order valence-electron chi connectivity index (χ1n) is 9.35. The van der Waals surface area contributed by atoms with E-state index in [2.05, 4.69) is 15.5 Å². The number of carbonyl (C=O) groups is 1. The van der Waals surface area contributed by atoms with E-state index >= 15 is 0 Å². The molecular weight excluding hydrogens is 388 g/mol. The second kappa shape index (κ2) is 9.47. The molecule has 0 aliphatic heterocycles. The number of aryl methyl sites for hydroxylation is 1. The SMILES string of the molecule is CCCn1c(S[C@@H](C(=O)Nc2cc(C)ccc2OC)c2ccccc2)n[nH]c1=O. The maximum atomic E-state index is 13.3. The van der Waals surface area contributed by atoms with Gasteiger partial charge in [-0.25, -0.2) is 9.89 Å². The van der Waals surface area contributed by atoms with E-state index in [0.717, 1.165) is 17.5 Å².